The predicted octanol–water partition coefficient (Wildman–Crippen LogP) is 2.83. The van der Waals surface area contributed by atoms with Crippen molar-refractivity contribution in [2.75, 3.05) is 7.11 Å². The fourth-order valence-corrected chi connectivity index (χ4v) is 1.72. The van der Waals surface area contributed by atoms with Crippen LogP contribution in [0.5, 0.6) is 5.75 Å². The van der Waals surface area contributed by atoms with Gasteiger partial charge in [-0.3, -0.25) is 0 Å². The summed E-state index contributed by atoms with van der Waals surface area (Å²) in [7, 11) is 1.60. The Hall–Kier alpha value is -0.730. The summed E-state index contributed by atoms with van der Waals surface area (Å²) in [5.74, 6) is 0.699. The fourth-order valence-electron chi connectivity index (χ4n) is 1.38. The maximum absolute atomic E-state index is 9.50. The molecule has 0 bridgehead atoms. The number of benzene rings is 1. The minimum absolute atomic E-state index is 0.0290. The average Bonchev–Trinajstić information content (AvgIpc) is 2.16. The van der Waals surface area contributed by atoms with Crippen molar-refractivity contribution in [3.8, 4) is 5.75 Å². The molecule has 0 aliphatic carbocycles. The Morgan fingerprint density at radius 3 is 2.50 bits per heavy atom. The minimum atomic E-state index is -0.441. The number of methoxy groups -OCH3 is 1. The maximum Gasteiger partial charge on any atom is 0.123 e. The summed E-state index contributed by atoms with van der Waals surface area (Å²) in [5, 5.41) is 10.1. The summed E-state index contributed by atoms with van der Waals surface area (Å²) in [5.41, 5.74) is 0.867. The molecule has 0 amide bonds. The van der Waals surface area contributed by atoms with Gasteiger partial charge in [-0.1, -0.05) is 24.6 Å². The quantitative estimate of drug-likeness (QED) is 0.839. The topological polar surface area (TPSA) is 29.5 Å². The third-order valence-electron chi connectivity index (χ3n) is 2.41. The lowest BCUT2D eigenvalue weighted by Gasteiger charge is -2.19. The molecule has 0 aliphatic rings. The molecule has 0 aromatic heterocycles. The van der Waals surface area contributed by atoms with Crippen molar-refractivity contribution in [1.82, 2.24) is 0 Å². The molecule has 14 heavy (non-hydrogen) atoms. The molecule has 1 rings (SSSR count). The van der Waals surface area contributed by atoms with E-state index in [0.717, 1.165) is 11.3 Å². The van der Waals surface area contributed by atoms with Crippen molar-refractivity contribution >= 4 is 11.6 Å². The molecule has 2 nitrogen and oxygen atoms in total. The van der Waals surface area contributed by atoms with E-state index in [9.17, 15) is 5.11 Å². The first-order chi connectivity index (χ1) is 6.57. The molecular formula is C11H15ClO2. The van der Waals surface area contributed by atoms with E-state index in [4.69, 9.17) is 16.3 Å². The second kappa shape index (κ2) is 4.67. The van der Waals surface area contributed by atoms with Crippen LogP contribution in [-0.2, 0) is 0 Å². The molecule has 0 saturated carbocycles. The van der Waals surface area contributed by atoms with Crippen LogP contribution in [0.3, 0.4) is 0 Å². The van der Waals surface area contributed by atoms with Gasteiger partial charge in [-0.15, -0.1) is 0 Å². The van der Waals surface area contributed by atoms with Crippen LogP contribution in [0.4, 0.5) is 0 Å². The Kier molecular flexibility index (Phi) is 3.78. The fraction of sp³-hybridized carbons (Fsp3) is 0.455. The molecule has 0 radical (unpaired) electrons. The van der Waals surface area contributed by atoms with Gasteiger partial charge >= 0.3 is 0 Å². The average molecular weight is 215 g/mol. The molecule has 3 heteroatoms. The highest BCUT2D eigenvalue weighted by Gasteiger charge is 2.18. The van der Waals surface area contributed by atoms with E-state index in [1.807, 2.05) is 19.1 Å². The summed E-state index contributed by atoms with van der Waals surface area (Å²) >= 11 is 6.06. The standard InChI is InChI=1S/C11H15ClO2/c1-7(8(2)13)11-9(12)5-4-6-10(11)14-3/h4-8,13H,1-3H3. The van der Waals surface area contributed by atoms with Gasteiger partial charge in [0.05, 0.1) is 13.2 Å². The van der Waals surface area contributed by atoms with Crippen molar-refractivity contribution in [3.05, 3.63) is 28.8 Å². The Bertz CT molecular complexity index is 310. The number of aliphatic hydroxyl groups excluding tert-OH is 1. The number of halogens is 1. The second-order valence-corrected chi connectivity index (χ2v) is 3.79. The highest BCUT2D eigenvalue weighted by atomic mass is 35.5. The van der Waals surface area contributed by atoms with Crippen molar-refractivity contribution < 1.29 is 9.84 Å². The molecule has 1 N–H and O–H groups in total. The molecule has 0 spiro atoms. The van der Waals surface area contributed by atoms with Crippen LogP contribution in [0, 0.1) is 0 Å². The van der Waals surface area contributed by atoms with Crippen LogP contribution >= 0.6 is 11.6 Å². The van der Waals surface area contributed by atoms with Gasteiger partial charge in [-0.25, -0.2) is 0 Å². The van der Waals surface area contributed by atoms with Gasteiger partial charge in [-0.05, 0) is 19.1 Å². The summed E-state index contributed by atoms with van der Waals surface area (Å²) in [6.07, 6.45) is -0.441. The van der Waals surface area contributed by atoms with Crippen LogP contribution in [-0.4, -0.2) is 18.3 Å². The highest BCUT2D eigenvalue weighted by molar-refractivity contribution is 6.31. The van der Waals surface area contributed by atoms with Gasteiger partial charge in [0, 0.05) is 16.5 Å². The summed E-state index contributed by atoms with van der Waals surface area (Å²) in [6.45, 7) is 3.67. The largest absolute Gasteiger partial charge is 0.496 e. The molecule has 1 aromatic rings. The Labute approximate surface area is 89.5 Å². The SMILES string of the molecule is COc1cccc(Cl)c1C(C)C(C)O. The van der Waals surface area contributed by atoms with E-state index >= 15 is 0 Å². The number of aliphatic hydroxyl groups is 1. The first-order valence-corrected chi connectivity index (χ1v) is 4.96. The first kappa shape index (κ1) is 11.3. The van der Waals surface area contributed by atoms with Gasteiger partial charge in [0.2, 0.25) is 0 Å². The Morgan fingerprint density at radius 1 is 1.36 bits per heavy atom. The molecule has 0 saturated heterocycles. The smallest absolute Gasteiger partial charge is 0.123 e. The third-order valence-corrected chi connectivity index (χ3v) is 2.74. The molecule has 0 heterocycles. The maximum atomic E-state index is 9.50. The molecule has 0 fully saturated rings. The minimum Gasteiger partial charge on any atom is -0.496 e. The molecular weight excluding hydrogens is 200 g/mol. The van der Waals surface area contributed by atoms with E-state index in [2.05, 4.69) is 0 Å². The zero-order valence-corrected chi connectivity index (χ0v) is 9.38. The molecule has 1 aromatic carbocycles. The van der Waals surface area contributed by atoms with Gasteiger partial charge in [0.1, 0.15) is 5.75 Å². The van der Waals surface area contributed by atoms with Gasteiger partial charge in [0.15, 0.2) is 0 Å². The molecule has 2 atom stereocenters. The number of hydrogen-bond donors (Lipinski definition) is 1. The lowest BCUT2D eigenvalue weighted by atomic mass is 9.95. The van der Waals surface area contributed by atoms with E-state index < -0.39 is 6.10 Å². The second-order valence-electron chi connectivity index (χ2n) is 3.39. The highest BCUT2D eigenvalue weighted by Crippen LogP contribution is 2.34. The van der Waals surface area contributed by atoms with E-state index in [1.165, 1.54) is 0 Å². The molecule has 78 valence electrons. The van der Waals surface area contributed by atoms with Crippen molar-refractivity contribution in [2.24, 2.45) is 0 Å². The number of hydrogen-bond acceptors (Lipinski definition) is 2. The van der Waals surface area contributed by atoms with Crippen LogP contribution in [0.2, 0.25) is 5.02 Å². The summed E-state index contributed by atoms with van der Waals surface area (Å²) in [6, 6.07) is 5.48. The lowest BCUT2D eigenvalue weighted by Crippen LogP contribution is -2.12. The van der Waals surface area contributed by atoms with Gasteiger partial charge < -0.3 is 9.84 Å². The van der Waals surface area contributed by atoms with Gasteiger partial charge in [-0.2, -0.15) is 0 Å². The molecule has 2 unspecified atom stereocenters. The van der Waals surface area contributed by atoms with Crippen LogP contribution < -0.4 is 4.74 Å². The van der Waals surface area contributed by atoms with Crippen molar-refractivity contribution in [1.29, 1.82) is 0 Å². The Balaban J connectivity index is 3.16. The van der Waals surface area contributed by atoms with Crippen LogP contribution in [0.1, 0.15) is 25.3 Å². The summed E-state index contributed by atoms with van der Waals surface area (Å²) in [4.78, 5) is 0. The van der Waals surface area contributed by atoms with E-state index in [0.29, 0.717) is 5.02 Å². The van der Waals surface area contributed by atoms with Crippen LogP contribution in [0.25, 0.3) is 0 Å². The van der Waals surface area contributed by atoms with Gasteiger partial charge in [0.25, 0.3) is 0 Å². The zero-order chi connectivity index (χ0) is 10.7. The van der Waals surface area contributed by atoms with E-state index in [-0.39, 0.29) is 5.92 Å². The lowest BCUT2D eigenvalue weighted by molar-refractivity contribution is 0.167. The van der Waals surface area contributed by atoms with Crippen LogP contribution in [0.15, 0.2) is 18.2 Å². The number of ether oxygens (including phenoxy) is 1. The normalized spacial score (nSPS) is 14.9. The first-order valence-electron chi connectivity index (χ1n) is 4.58. The Morgan fingerprint density at radius 2 is 2.00 bits per heavy atom. The monoisotopic (exact) mass is 214 g/mol. The van der Waals surface area contributed by atoms with Crippen molar-refractivity contribution in [2.45, 2.75) is 25.9 Å². The number of rotatable bonds is 3. The zero-order valence-electron chi connectivity index (χ0n) is 8.62. The third kappa shape index (κ3) is 2.20. The predicted molar refractivity (Wildman–Crippen MR) is 58.1 cm³/mol. The molecule has 0 aliphatic heterocycles. The van der Waals surface area contributed by atoms with E-state index in [1.54, 1.807) is 20.1 Å². The summed E-state index contributed by atoms with van der Waals surface area (Å²) < 4.78 is 5.20. The van der Waals surface area contributed by atoms with Crippen molar-refractivity contribution in [3.63, 3.8) is 0 Å².